The molecule has 0 saturated carbocycles. The Morgan fingerprint density at radius 3 is 2.65 bits per heavy atom. The molecule has 0 aliphatic heterocycles. The summed E-state index contributed by atoms with van der Waals surface area (Å²) in [7, 11) is 3.90. The number of methoxy groups -OCH3 is 1. The minimum absolute atomic E-state index is 0.723. The van der Waals surface area contributed by atoms with Crippen LogP contribution >= 0.6 is 11.3 Å². The van der Waals surface area contributed by atoms with E-state index in [1.807, 2.05) is 11.3 Å². The van der Waals surface area contributed by atoms with Crippen molar-refractivity contribution >= 4 is 87.5 Å². The van der Waals surface area contributed by atoms with Gasteiger partial charge in [0.05, 0.1) is 0 Å². The van der Waals surface area contributed by atoms with Crippen molar-refractivity contribution in [3.05, 3.63) is 72.3 Å². The predicted molar refractivity (Wildman–Crippen MR) is 143 cm³/mol. The summed E-state index contributed by atoms with van der Waals surface area (Å²) in [4.78, 5) is 6.46. The van der Waals surface area contributed by atoms with Gasteiger partial charge in [-0.1, -0.05) is 0 Å². The number of imidazole rings is 2. The third kappa shape index (κ3) is 2.57. The van der Waals surface area contributed by atoms with E-state index in [0.717, 1.165) is 69.7 Å². The monoisotopic (exact) mass is 659 g/mol. The molecule has 0 saturated heterocycles. The summed E-state index contributed by atoms with van der Waals surface area (Å²) >= 11 is 2.56. The van der Waals surface area contributed by atoms with Crippen LogP contribution in [0.15, 0.2) is 66.7 Å². The second-order valence-corrected chi connectivity index (χ2v) is 12.1. The van der Waals surface area contributed by atoms with Crippen molar-refractivity contribution in [1.29, 1.82) is 0 Å². The van der Waals surface area contributed by atoms with Gasteiger partial charge in [0.2, 0.25) is 0 Å². The van der Waals surface area contributed by atoms with E-state index in [4.69, 9.17) is 9.72 Å². The molecule has 0 aliphatic rings. The quantitative estimate of drug-likeness (QED) is 0.206. The first-order valence-electron chi connectivity index (χ1n) is 11.1. The van der Waals surface area contributed by atoms with Crippen LogP contribution in [0.5, 0.6) is 5.75 Å². The second-order valence-electron chi connectivity index (χ2n) is 8.63. The second kappa shape index (κ2) is 7.24. The summed E-state index contributed by atoms with van der Waals surface area (Å²) in [6.07, 6.45) is 0. The number of thiophene rings is 1. The number of hydrogen-bond acceptors (Lipinski definition) is 3. The van der Waals surface area contributed by atoms with Gasteiger partial charge in [0.15, 0.2) is 0 Å². The Kier molecular flexibility index (Phi) is 4.34. The number of para-hydroxylation sites is 1. The SMILES string of the molecule is COc1ccc2c(c1C)n(-c1ccc3c4ccccc4sc3[n+]1C)c1nc3[c]([BiH2])cccc3n21. The molecule has 4 aromatic heterocycles. The third-order valence-electron chi connectivity index (χ3n) is 6.83. The zero-order chi connectivity index (χ0) is 23.1. The van der Waals surface area contributed by atoms with Crippen LogP contribution in [0.1, 0.15) is 5.56 Å². The molecule has 0 atom stereocenters. The molecule has 3 aromatic carbocycles. The van der Waals surface area contributed by atoms with E-state index in [1.54, 1.807) is 7.11 Å². The Labute approximate surface area is 214 Å². The van der Waals surface area contributed by atoms with E-state index in [2.05, 4.69) is 94.2 Å². The van der Waals surface area contributed by atoms with Gasteiger partial charge in [-0.2, -0.15) is 0 Å². The van der Waals surface area contributed by atoms with Crippen LogP contribution in [-0.4, -0.2) is 45.8 Å². The van der Waals surface area contributed by atoms with Crippen molar-refractivity contribution in [3.8, 4) is 11.6 Å². The zero-order valence-corrected chi connectivity index (χ0v) is 24.3. The molecule has 7 rings (SSSR count). The number of hydrogen-bond donors (Lipinski definition) is 0. The van der Waals surface area contributed by atoms with Crippen molar-refractivity contribution in [1.82, 2.24) is 14.0 Å². The fourth-order valence-corrected chi connectivity index (χ4v) is 7.64. The Bertz CT molecular complexity index is 1950. The summed E-state index contributed by atoms with van der Waals surface area (Å²) < 4.78 is 15.3. The van der Waals surface area contributed by atoms with Crippen LogP contribution in [0.4, 0.5) is 0 Å². The Hall–Kier alpha value is -3.02. The Morgan fingerprint density at radius 1 is 0.941 bits per heavy atom. The van der Waals surface area contributed by atoms with Crippen LogP contribution in [0, 0.1) is 6.92 Å². The van der Waals surface area contributed by atoms with E-state index in [1.165, 1.54) is 23.6 Å². The van der Waals surface area contributed by atoms with E-state index in [9.17, 15) is 0 Å². The molecule has 0 fully saturated rings. The van der Waals surface area contributed by atoms with Gasteiger partial charge in [-0.15, -0.1) is 0 Å². The molecule has 34 heavy (non-hydrogen) atoms. The number of rotatable bonds is 2. The van der Waals surface area contributed by atoms with Crippen molar-refractivity contribution in [2.45, 2.75) is 6.92 Å². The number of aromatic nitrogens is 4. The topological polar surface area (TPSA) is 35.3 Å². The number of aryl methyl sites for hydroxylation is 2. The first-order chi connectivity index (χ1) is 16.6. The molecule has 0 spiro atoms. The normalized spacial score (nSPS) is 12.1. The zero-order valence-electron chi connectivity index (χ0n) is 19.0. The molecule has 7 aromatic rings. The summed E-state index contributed by atoms with van der Waals surface area (Å²) in [5.41, 5.74) is 5.65. The molecule has 0 N–H and O–H groups in total. The van der Waals surface area contributed by atoms with Crippen molar-refractivity contribution in [2.24, 2.45) is 7.05 Å². The van der Waals surface area contributed by atoms with Crippen molar-refractivity contribution < 1.29 is 9.30 Å². The van der Waals surface area contributed by atoms with Crippen LogP contribution in [-0.2, 0) is 7.05 Å². The maximum atomic E-state index is 5.72. The first kappa shape index (κ1) is 20.4. The van der Waals surface area contributed by atoms with Gasteiger partial charge in [0.25, 0.3) is 0 Å². The third-order valence-corrected chi connectivity index (χ3v) is 9.91. The molecule has 7 heteroatoms. The van der Waals surface area contributed by atoms with Crippen molar-refractivity contribution in [2.75, 3.05) is 7.11 Å². The van der Waals surface area contributed by atoms with E-state index in [0.29, 0.717) is 0 Å². The molecule has 5 nitrogen and oxygen atoms in total. The van der Waals surface area contributed by atoms with Crippen LogP contribution in [0.25, 0.3) is 54.0 Å². The van der Waals surface area contributed by atoms with Gasteiger partial charge >= 0.3 is 216 Å². The molecule has 4 heterocycles. The molecule has 0 aliphatic carbocycles. The molecule has 166 valence electrons. The number of fused-ring (bicyclic) bond motifs is 8. The predicted octanol–water partition coefficient (Wildman–Crippen LogP) is 4.20. The number of nitrogens with zero attached hydrogens (tertiary/aromatic N) is 4. The van der Waals surface area contributed by atoms with Gasteiger partial charge < -0.3 is 0 Å². The average molecular weight is 660 g/mol. The van der Waals surface area contributed by atoms with E-state index >= 15 is 0 Å². The maximum absolute atomic E-state index is 5.72. The summed E-state index contributed by atoms with van der Waals surface area (Å²) in [6, 6.07) is 23.9. The fraction of sp³-hybridized carbons (Fsp3) is 0.111. The summed E-state index contributed by atoms with van der Waals surface area (Å²) in [6.45, 7) is 2.14. The average Bonchev–Trinajstić information content (AvgIpc) is 3.50. The van der Waals surface area contributed by atoms with Gasteiger partial charge in [-0.25, -0.2) is 0 Å². The van der Waals surface area contributed by atoms with E-state index in [-0.39, 0.29) is 0 Å². The number of pyridine rings is 1. The molecule has 0 bridgehead atoms. The molecule has 0 unspecified atom stereocenters. The van der Waals surface area contributed by atoms with Crippen LogP contribution in [0.3, 0.4) is 0 Å². The first-order valence-corrected chi connectivity index (χ1v) is 14.2. The van der Waals surface area contributed by atoms with Gasteiger partial charge in [0, 0.05) is 0 Å². The van der Waals surface area contributed by atoms with E-state index < -0.39 is 0 Å². The number of benzene rings is 3. The summed E-state index contributed by atoms with van der Waals surface area (Å²) in [5.74, 6) is 2.91. The molecular formula is C27H22BiN4OS+. The van der Waals surface area contributed by atoms with Crippen LogP contribution < -0.4 is 12.6 Å². The van der Waals surface area contributed by atoms with Crippen molar-refractivity contribution in [3.63, 3.8) is 0 Å². The Morgan fingerprint density at radius 2 is 1.79 bits per heavy atom. The molecule has 0 radical (unpaired) electrons. The van der Waals surface area contributed by atoms with Crippen LogP contribution in [0.2, 0.25) is 0 Å². The fourth-order valence-electron chi connectivity index (χ4n) is 5.23. The minimum atomic E-state index is 0.723. The van der Waals surface area contributed by atoms with Gasteiger partial charge in [0.1, 0.15) is 0 Å². The standard InChI is InChI=1S/C27H20N4OS.Bi.2H/c1-16-22(32-3)14-13-21-25(16)31(27-28-19-9-5-6-10-20(19)30(21)27)24-15-12-18-17-8-4-7-11-23(17)33-26(18)29(24)2;;;/h4-8,10-15H,1-3H3;;;/q+1;;;. The number of ether oxygens (including phenoxy) is 1. The summed E-state index contributed by atoms with van der Waals surface area (Å²) in [5, 5.41) is 2.59. The molecular weight excluding hydrogens is 637 g/mol. The molecule has 0 amide bonds. The van der Waals surface area contributed by atoms with Gasteiger partial charge in [-0.05, 0) is 0 Å². The van der Waals surface area contributed by atoms with Gasteiger partial charge in [-0.3, -0.25) is 0 Å². The Balaban J connectivity index is 1.69.